The van der Waals surface area contributed by atoms with E-state index in [1.165, 1.54) is 0 Å². The van der Waals surface area contributed by atoms with Crippen LogP contribution in [0.1, 0.15) is 0 Å². The summed E-state index contributed by atoms with van der Waals surface area (Å²) in [6, 6.07) is 0. The molecule has 0 aromatic carbocycles. The second-order valence-electron chi connectivity index (χ2n) is 2.45. The molecule has 0 aliphatic carbocycles. The molecule has 0 unspecified atom stereocenters. The van der Waals surface area contributed by atoms with Crippen molar-refractivity contribution in [3.8, 4) is 0 Å². The first-order chi connectivity index (χ1) is 7.69. The van der Waals surface area contributed by atoms with E-state index in [0.29, 0.717) is 0 Å². The summed E-state index contributed by atoms with van der Waals surface area (Å²) in [6.45, 7) is 0. The maximum atomic E-state index is 8.25. The first-order valence-electron chi connectivity index (χ1n) is 4.14. The predicted molar refractivity (Wildman–Crippen MR) is 65.0 cm³/mol. The Morgan fingerprint density at radius 3 is 0.688 bits per heavy atom. The Kier molecular flexibility index (Phi) is 30.6. The summed E-state index contributed by atoms with van der Waals surface area (Å²) in [6.07, 6.45) is -0.264. The molecule has 0 rings (SSSR count). The molecule has 0 heterocycles. The Bertz CT molecular complexity index is 86.0. The Morgan fingerprint density at radius 2 is 0.688 bits per heavy atom. The van der Waals surface area contributed by atoms with Crippen LogP contribution in [0.15, 0.2) is 0 Å². The van der Waals surface area contributed by atoms with Crippen molar-refractivity contribution in [3.63, 3.8) is 0 Å². The molecule has 16 heavy (non-hydrogen) atoms. The molecule has 6 nitrogen and oxygen atoms in total. The molecule has 0 atom stereocenters. The molecule has 6 N–H and O–H groups in total. The number of hydrogen-bond donors (Lipinski definition) is 6. The summed E-state index contributed by atoms with van der Waals surface area (Å²) in [4.78, 5) is 0. The fourth-order valence-corrected chi connectivity index (χ4v) is 0.900. The quantitative estimate of drug-likeness (QED) is 0.266. The SMILES string of the molecule is OC[PH+](CO)CO.OC[PH+](CO)CO.[Cl][Ni]. The Labute approximate surface area is 109 Å². The van der Waals surface area contributed by atoms with Crippen LogP contribution in [0.25, 0.3) is 0 Å². The molecule has 0 aromatic rings. The van der Waals surface area contributed by atoms with Crippen molar-refractivity contribution in [2.75, 3.05) is 38.1 Å². The first-order valence-corrected chi connectivity index (χ1v) is 9.74. The fraction of sp³-hybridized carbons (Fsp3) is 1.00. The second kappa shape index (κ2) is 21.7. The van der Waals surface area contributed by atoms with Gasteiger partial charge in [0.15, 0.2) is 38.1 Å². The molecular formula is C6H20ClNiO6P2+2. The van der Waals surface area contributed by atoms with E-state index in [-0.39, 0.29) is 38.1 Å². The Morgan fingerprint density at radius 1 is 0.562 bits per heavy atom. The molecular weight excluding hydrogens is 324 g/mol. The molecule has 0 aliphatic heterocycles. The van der Waals surface area contributed by atoms with E-state index in [0.717, 1.165) is 0 Å². The summed E-state index contributed by atoms with van der Waals surface area (Å²) >= 11 is 3.35. The summed E-state index contributed by atoms with van der Waals surface area (Å²) < 4.78 is 0. The third-order valence-corrected chi connectivity index (χ3v) is 4.02. The van der Waals surface area contributed by atoms with Crippen molar-refractivity contribution in [1.29, 1.82) is 0 Å². The van der Waals surface area contributed by atoms with Crippen LogP contribution in [0.3, 0.4) is 0 Å². The zero-order valence-electron chi connectivity index (χ0n) is 8.62. The van der Waals surface area contributed by atoms with Crippen LogP contribution in [-0.2, 0) is 14.6 Å². The van der Waals surface area contributed by atoms with Gasteiger partial charge in [-0.15, -0.1) is 0 Å². The molecule has 10 heteroatoms. The van der Waals surface area contributed by atoms with Gasteiger partial charge in [0.2, 0.25) is 0 Å². The van der Waals surface area contributed by atoms with Crippen LogP contribution in [0, 0.1) is 0 Å². The van der Waals surface area contributed by atoms with Crippen LogP contribution in [0.4, 0.5) is 0 Å². The Hall–Kier alpha value is 1.40. The molecule has 0 saturated heterocycles. The second-order valence-corrected chi connectivity index (χ2v) is 7.35. The zero-order chi connectivity index (χ0) is 13.4. The number of aliphatic hydroxyl groups is 6. The van der Waals surface area contributed by atoms with Gasteiger partial charge in [-0.1, -0.05) is 0 Å². The van der Waals surface area contributed by atoms with E-state index in [1.54, 1.807) is 0 Å². The zero-order valence-corrected chi connectivity index (χ0v) is 12.4. The van der Waals surface area contributed by atoms with Gasteiger partial charge in [-0.3, -0.25) is 0 Å². The average Bonchev–Trinajstić information content (AvgIpc) is 2.37. The minimum absolute atomic E-state index is 0.0440. The van der Waals surface area contributed by atoms with Gasteiger partial charge >= 0.3 is 24.8 Å². The fourth-order valence-electron chi connectivity index (χ4n) is 0.300. The normalized spacial score (nSPS) is 9.44. The van der Waals surface area contributed by atoms with E-state index in [9.17, 15) is 0 Å². The molecule has 0 fully saturated rings. The van der Waals surface area contributed by atoms with Gasteiger partial charge in [0, 0.05) is 0 Å². The summed E-state index contributed by atoms with van der Waals surface area (Å²) in [5.41, 5.74) is 0. The van der Waals surface area contributed by atoms with E-state index in [2.05, 4.69) is 24.8 Å². The number of hydrogen-bond acceptors (Lipinski definition) is 6. The first kappa shape index (κ1) is 22.6. The van der Waals surface area contributed by atoms with Gasteiger partial charge in [0.05, 0.1) is 15.8 Å². The van der Waals surface area contributed by atoms with E-state index >= 15 is 0 Å². The van der Waals surface area contributed by atoms with Gasteiger partial charge in [-0.05, 0) is 0 Å². The summed E-state index contributed by atoms with van der Waals surface area (Å²) in [7, 11) is 1.87. The summed E-state index contributed by atoms with van der Waals surface area (Å²) in [5.74, 6) is 0. The van der Waals surface area contributed by atoms with Crippen molar-refractivity contribution < 1.29 is 45.2 Å². The van der Waals surface area contributed by atoms with Crippen LogP contribution >= 0.6 is 26.0 Å². The third-order valence-electron chi connectivity index (χ3n) is 1.34. The van der Waals surface area contributed by atoms with E-state index in [4.69, 9.17) is 30.6 Å². The minimum atomic E-state index is -1.20. The van der Waals surface area contributed by atoms with Gasteiger partial charge < -0.3 is 30.6 Å². The van der Waals surface area contributed by atoms with Gasteiger partial charge in [-0.2, -0.15) is 0 Å². The van der Waals surface area contributed by atoms with Gasteiger partial charge in [0.25, 0.3) is 0 Å². The molecule has 0 saturated carbocycles. The van der Waals surface area contributed by atoms with Crippen molar-refractivity contribution in [3.05, 3.63) is 0 Å². The van der Waals surface area contributed by atoms with Crippen molar-refractivity contribution in [2.45, 2.75) is 0 Å². The van der Waals surface area contributed by atoms with Crippen LogP contribution in [-0.4, -0.2) is 68.7 Å². The molecule has 0 aliphatic rings. The Balaban J connectivity index is -0.000000183. The van der Waals surface area contributed by atoms with Crippen LogP contribution in [0.5, 0.6) is 0 Å². The van der Waals surface area contributed by atoms with E-state index < -0.39 is 15.8 Å². The number of rotatable bonds is 6. The molecule has 105 valence electrons. The standard InChI is InChI=1S/2C3H9O3P.ClH.Ni/c2*4-1-7(2-5)3-6;;/h2*4-6H,1-3H2;1H;/q;;;+1/p+1. The summed E-state index contributed by atoms with van der Waals surface area (Å²) in [5, 5.41) is 49.5. The molecule has 0 aromatic heterocycles. The van der Waals surface area contributed by atoms with Crippen LogP contribution in [0.2, 0.25) is 0 Å². The van der Waals surface area contributed by atoms with Crippen molar-refractivity contribution >= 4 is 26.0 Å². The monoisotopic (exact) mass is 343 g/mol. The predicted octanol–water partition coefficient (Wildman–Crippen LogP) is -1.21. The van der Waals surface area contributed by atoms with E-state index in [1.807, 2.05) is 0 Å². The average molecular weight is 344 g/mol. The van der Waals surface area contributed by atoms with Crippen LogP contribution < -0.4 is 0 Å². The number of halogens is 1. The number of aliphatic hydroxyl groups excluding tert-OH is 6. The topological polar surface area (TPSA) is 121 Å². The van der Waals surface area contributed by atoms with Crippen molar-refractivity contribution in [2.24, 2.45) is 0 Å². The third kappa shape index (κ3) is 17.8. The van der Waals surface area contributed by atoms with Crippen molar-refractivity contribution in [1.82, 2.24) is 0 Å². The van der Waals surface area contributed by atoms with Gasteiger partial charge in [-0.25, -0.2) is 0 Å². The molecule has 0 spiro atoms. The molecule has 0 bridgehead atoms. The molecule has 0 amide bonds. The molecule has 0 radical (unpaired) electrons. The maximum absolute atomic E-state index is 8.25. The van der Waals surface area contributed by atoms with Gasteiger partial charge in [0.1, 0.15) is 0 Å².